The number of aromatic nitrogens is 2. The lowest BCUT2D eigenvalue weighted by atomic mass is 10.1. The van der Waals surface area contributed by atoms with Crippen LogP contribution in [-0.4, -0.2) is 21.1 Å². The van der Waals surface area contributed by atoms with E-state index < -0.39 is 23.4 Å². The van der Waals surface area contributed by atoms with Crippen LogP contribution >= 0.6 is 0 Å². The second kappa shape index (κ2) is 6.08. The third-order valence-electron chi connectivity index (χ3n) is 3.29. The van der Waals surface area contributed by atoms with E-state index in [1.165, 1.54) is 23.1 Å². The fourth-order valence-corrected chi connectivity index (χ4v) is 2.35. The molecule has 0 atom stereocenters. The molecular formula is C17H16F3N3O3. The first-order valence-electron chi connectivity index (χ1n) is 7.67. The van der Waals surface area contributed by atoms with Crippen LogP contribution < -0.4 is 5.32 Å². The highest BCUT2D eigenvalue weighted by Crippen LogP contribution is 2.35. The number of hydrogen-bond donors (Lipinski definition) is 1. The first-order chi connectivity index (χ1) is 12.0. The van der Waals surface area contributed by atoms with Crippen molar-refractivity contribution in [3.05, 3.63) is 42.4 Å². The molecule has 26 heavy (non-hydrogen) atoms. The smallest absolute Gasteiger partial charge is 0.420 e. The van der Waals surface area contributed by atoms with Gasteiger partial charge in [0.15, 0.2) is 11.5 Å². The number of pyridine rings is 1. The van der Waals surface area contributed by atoms with Crippen molar-refractivity contribution in [3.63, 3.8) is 0 Å². The number of amides is 1. The Kier molecular flexibility index (Phi) is 4.17. The van der Waals surface area contributed by atoms with E-state index in [1.54, 1.807) is 32.9 Å². The van der Waals surface area contributed by atoms with E-state index in [2.05, 4.69) is 10.3 Å². The third-order valence-corrected chi connectivity index (χ3v) is 3.29. The summed E-state index contributed by atoms with van der Waals surface area (Å²) in [6.07, 6.45) is -1.34. The van der Waals surface area contributed by atoms with Crippen molar-refractivity contribution in [3.8, 4) is 11.3 Å². The molecule has 0 spiro atoms. The SMILES string of the molecule is CC(C)(C)OC(=O)Nc1cn2cc(-c3ccco3)cc(C(F)(F)F)c2n1. The Bertz CT molecular complexity index is 938. The molecule has 6 nitrogen and oxygen atoms in total. The maximum absolute atomic E-state index is 13.4. The zero-order valence-electron chi connectivity index (χ0n) is 14.2. The van der Waals surface area contributed by atoms with Crippen LogP contribution in [0.4, 0.5) is 23.8 Å². The molecule has 0 aromatic carbocycles. The molecule has 3 rings (SSSR count). The molecule has 3 heterocycles. The number of anilines is 1. The number of nitrogens with zero attached hydrogens (tertiary/aromatic N) is 2. The van der Waals surface area contributed by atoms with E-state index in [0.717, 1.165) is 6.07 Å². The molecule has 0 aliphatic carbocycles. The van der Waals surface area contributed by atoms with Crippen molar-refractivity contribution in [2.24, 2.45) is 0 Å². The lowest BCUT2D eigenvalue weighted by molar-refractivity contribution is -0.136. The number of ether oxygens (including phenoxy) is 1. The molecule has 0 unspecified atom stereocenters. The number of imidazole rings is 1. The van der Waals surface area contributed by atoms with Gasteiger partial charge in [-0.1, -0.05) is 0 Å². The van der Waals surface area contributed by atoms with Gasteiger partial charge in [0.05, 0.1) is 18.0 Å². The van der Waals surface area contributed by atoms with Crippen molar-refractivity contribution >= 4 is 17.6 Å². The summed E-state index contributed by atoms with van der Waals surface area (Å²) in [5.74, 6) is 0.231. The first kappa shape index (κ1) is 17.8. The fourth-order valence-electron chi connectivity index (χ4n) is 2.35. The van der Waals surface area contributed by atoms with Gasteiger partial charge in [-0.2, -0.15) is 13.2 Å². The maximum atomic E-state index is 13.4. The van der Waals surface area contributed by atoms with Crippen LogP contribution in [0.3, 0.4) is 0 Å². The number of furan rings is 1. The Morgan fingerprint density at radius 3 is 2.58 bits per heavy atom. The normalized spacial score (nSPS) is 12.4. The van der Waals surface area contributed by atoms with Crippen LogP contribution in [0.15, 0.2) is 41.3 Å². The van der Waals surface area contributed by atoms with E-state index in [-0.39, 0.29) is 22.8 Å². The highest BCUT2D eigenvalue weighted by Gasteiger charge is 2.35. The van der Waals surface area contributed by atoms with Gasteiger partial charge >= 0.3 is 12.3 Å². The summed E-state index contributed by atoms with van der Waals surface area (Å²) in [6, 6.07) is 4.09. The largest absolute Gasteiger partial charge is 0.464 e. The summed E-state index contributed by atoms with van der Waals surface area (Å²) >= 11 is 0. The Labute approximate surface area is 146 Å². The van der Waals surface area contributed by atoms with Crippen LogP contribution in [0.2, 0.25) is 0 Å². The minimum absolute atomic E-state index is 0.0543. The molecule has 1 N–H and O–H groups in total. The van der Waals surface area contributed by atoms with Crippen LogP contribution in [-0.2, 0) is 10.9 Å². The van der Waals surface area contributed by atoms with E-state index >= 15 is 0 Å². The van der Waals surface area contributed by atoms with Crippen LogP contribution in [0, 0.1) is 0 Å². The molecule has 138 valence electrons. The maximum Gasteiger partial charge on any atom is 0.420 e. The van der Waals surface area contributed by atoms with Crippen molar-refractivity contribution in [2.45, 2.75) is 32.5 Å². The molecule has 0 fully saturated rings. The highest BCUT2D eigenvalue weighted by atomic mass is 19.4. The number of nitrogens with one attached hydrogen (secondary N) is 1. The molecule has 0 radical (unpaired) electrons. The molecule has 1 amide bonds. The average Bonchev–Trinajstić information content (AvgIpc) is 3.11. The number of alkyl halides is 3. The third kappa shape index (κ3) is 3.81. The lowest BCUT2D eigenvalue weighted by Crippen LogP contribution is -2.27. The van der Waals surface area contributed by atoms with Crippen LogP contribution in [0.5, 0.6) is 0 Å². The van der Waals surface area contributed by atoms with Crippen molar-refractivity contribution < 1.29 is 27.1 Å². The number of hydrogen-bond acceptors (Lipinski definition) is 4. The Morgan fingerprint density at radius 2 is 2.00 bits per heavy atom. The average molecular weight is 367 g/mol. The molecule has 0 saturated heterocycles. The van der Waals surface area contributed by atoms with Gasteiger partial charge in [-0.05, 0) is 39.0 Å². The van der Waals surface area contributed by atoms with Gasteiger partial charge in [-0.15, -0.1) is 0 Å². The highest BCUT2D eigenvalue weighted by molar-refractivity contribution is 5.84. The quantitative estimate of drug-likeness (QED) is 0.695. The van der Waals surface area contributed by atoms with E-state index in [1.807, 2.05) is 0 Å². The van der Waals surface area contributed by atoms with Crippen molar-refractivity contribution in [1.82, 2.24) is 9.38 Å². The summed E-state index contributed by atoms with van der Waals surface area (Å²) in [5.41, 5.74) is -1.79. The summed E-state index contributed by atoms with van der Waals surface area (Å²) in [6.45, 7) is 5.02. The monoisotopic (exact) mass is 367 g/mol. The number of carbonyl (C=O) groups excluding carboxylic acids is 1. The summed E-state index contributed by atoms with van der Waals surface area (Å²) < 4.78 is 51.8. The van der Waals surface area contributed by atoms with Crippen molar-refractivity contribution in [2.75, 3.05) is 5.32 Å². The van der Waals surface area contributed by atoms with Gasteiger partial charge < -0.3 is 13.6 Å². The molecular weight excluding hydrogens is 351 g/mol. The minimum Gasteiger partial charge on any atom is -0.464 e. The second-order valence-electron chi connectivity index (χ2n) is 6.60. The van der Waals surface area contributed by atoms with Crippen molar-refractivity contribution in [1.29, 1.82) is 0 Å². The number of fused-ring (bicyclic) bond motifs is 1. The molecule has 0 aliphatic rings. The first-order valence-corrected chi connectivity index (χ1v) is 7.67. The van der Waals surface area contributed by atoms with Gasteiger partial charge in [0.2, 0.25) is 0 Å². The minimum atomic E-state index is -4.63. The lowest BCUT2D eigenvalue weighted by Gasteiger charge is -2.18. The number of carbonyl (C=O) groups is 1. The zero-order valence-corrected chi connectivity index (χ0v) is 14.2. The Morgan fingerprint density at radius 1 is 1.27 bits per heavy atom. The summed E-state index contributed by atoms with van der Waals surface area (Å²) in [4.78, 5) is 15.7. The molecule has 0 saturated carbocycles. The number of rotatable bonds is 2. The van der Waals surface area contributed by atoms with E-state index in [4.69, 9.17) is 9.15 Å². The molecule has 0 bridgehead atoms. The van der Waals surface area contributed by atoms with Gasteiger partial charge in [0, 0.05) is 11.8 Å². The summed E-state index contributed by atoms with van der Waals surface area (Å²) in [5, 5.41) is 2.34. The molecule has 0 aliphatic heterocycles. The second-order valence-corrected chi connectivity index (χ2v) is 6.60. The standard InChI is InChI=1S/C17H16F3N3O3/c1-16(2,3)26-15(24)22-13-9-23-8-10(12-5-4-6-25-12)7-11(14(23)21-13)17(18,19)20/h4-9H,1-3H3,(H,22,24). The Hall–Kier alpha value is -2.97. The predicted octanol–water partition coefficient (Wildman–Crippen LogP) is 4.96. The van der Waals surface area contributed by atoms with Crippen LogP contribution in [0.25, 0.3) is 17.0 Å². The van der Waals surface area contributed by atoms with Gasteiger partial charge in [0.25, 0.3) is 0 Å². The van der Waals surface area contributed by atoms with Crippen LogP contribution in [0.1, 0.15) is 26.3 Å². The number of halogens is 3. The molecule has 3 aromatic heterocycles. The van der Waals surface area contributed by atoms with E-state index in [9.17, 15) is 18.0 Å². The van der Waals surface area contributed by atoms with Gasteiger partial charge in [0.1, 0.15) is 11.4 Å². The van der Waals surface area contributed by atoms with Gasteiger partial charge in [-0.25, -0.2) is 9.78 Å². The topological polar surface area (TPSA) is 68.8 Å². The summed E-state index contributed by atoms with van der Waals surface area (Å²) in [7, 11) is 0. The van der Waals surface area contributed by atoms with E-state index in [0.29, 0.717) is 0 Å². The fraction of sp³-hybridized carbons (Fsp3) is 0.294. The predicted molar refractivity (Wildman–Crippen MR) is 87.8 cm³/mol. The zero-order chi connectivity index (χ0) is 19.1. The molecule has 9 heteroatoms. The molecule has 3 aromatic rings. The van der Waals surface area contributed by atoms with Gasteiger partial charge in [-0.3, -0.25) is 5.32 Å². The Balaban J connectivity index is 2.03.